The highest BCUT2D eigenvalue weighted by Gasteiger charge is 2.52. The van der Waals surface area contributed by atoms with E-state index in [1.54, 1.807) is 0 Å². The first-order valence-corrected chi connectivity index (χ1v) is 20.4. The minimum Gasteiger partial charge on any atom is -0.456 e. The monoisotopic (exact) mass is 748 g/mol. The molecule has 10 aromatic carbocycles. The summed E-state index contributed by atoms with van der Waals surface area (Å²) in [6.45, 7) is 0. The molecule has 2 aliphatic rings. The molecule has 1 spiro atoms. The van der Waals surface area contributed by atoms with E-state index in [0.717, 1.165) is 49.3 Å². The lowest BCUT2D eigenvalue weighted by molar-refractivity contribution is 0.669. The highest BCUT2D eigenvalue weighted by molar-refractivity contribution is 6.19. The van der Waals surface area contributed by atoms with Gasteiger partial charge in [-0.3, -0.25) is 0 Å². The zero-order valence-electron chi connectivity index (χ0n) is 31.8. The molecule has 14 rings (SSSR count). The molecule has 0 radical (unpaired) electrons. The highest BCUT2D eigenvalue weighted by atomic mass is 16.3. The van der Waals surface area contributed by atoms with E-state index in [0.29, 0.717) is 0 Å². The van der Waals surface area contributed by atoms with Gasteiger partial charge in [-0.25, -0.2) is 0 Å². The summed E-state index contributed by atoms with van der Waals surface area (Å²) in [6, 6.07) is 71.5. The van der Waals surface area contributed by atoms with Crippen molar-refractivity contribution in [1.82, 2.24) is 0 Å². The van der Waals surface area contributed by atoms with Gasteiger partial charge in [-0.05, 0) is 131 Å². The van der Waals surface area contributed by atoms with Gasteiger partial charge >= 0.3 is 0 Å². The van der Waals surface area contributed by atoms with Crippen LogP contribution in [0.15, 0.2) is 203 Å². The summed E-state index contributed by atoms with van der Waals surface area (Å²) in [6.07, 6.45) is 0. The molecule has 2 aromatic heterocycles. The lowest BCUT2D eigenvalue weighted by Gasteiger charge is -2.31. The van der Waals surface area contributed by atoms with Crippen LogP contribution in [0, 0.1) is 0 Å². The van der Waals surface area contributed by atoms with Gasteiger partial charge in [0.15, 0.2) is 0 Å². The summed E-state index contributed by atoms with van der Waals surface area (Å²) in [5.41, 5.74) is 18.4. The molecule has 2 heterocycles. The van der Waals surface area contributed by atoms with Crippen LogP contribution in [0.2, 0.25) is 0 Å². The SMILES string of the molecule is c1ccc2c(c1)-c1ccccc1C21c2cc(-c3cccc4oc5c6ccccc6ccc5c34)ccc2-c2cc3cccc(-c4ccc5oc6ccccc6c5c4)c3cc21. The van der Waals surface area contributed by atoms with E-state index in [2.05, 4.69) is 188 Å². The van der Waals surface area contributed by atoms with Crippen LogP contribution in [0.5, 0.6) is 0 Å². The lowest BCUT2D eigenvalue weighted by atomic mass is 9.70. The Morgan fingerprint density at radius 2 is 0.915 bits per heavy atom. The second-order valence-corrected chi connectivity index (χ2v) is 16.3. The maximum Gasteiger partial charge on any atom is 0.143 e. The lowest BCUT2D eigenvalue weighted by Crippen LogP contribution is -2.26. The van der Waals surface area contributed by atoms with Crippen molar-refractivity contribution in [2.45, 2.75) is 5.41 Å². The molecule has 272 valence electrons. The Morgan fingerprint density at radius 3 is 1.80 bits per heavy atom. The van der Waals surface area contributed by atoms with Gasteiger partial charge in [-0.2, -0.15) is 0 Å². The van der Waals surface area contributed by atoms with Gasteiger partial charge in [-0.15, -0.1) is 0 Å². The van der Waals surface area contributed by atoms with E-state index in [1.165, 1.54) is 82.9 Å². The Kier molecular flexibility index (Phi) is 5.99. The number of furan rings is 2. The second kappa shape index (κ2) is 11.2. The second-order valence-electron chi connectivity index (χ2n) is 16.3. The summed E-state index contributed by atoms with van der Waals surface area (Å²) >= 11 is 0. The van der Waals surface area contributed by atoms with Crippen molar-refractivity contribution in [2.75, 3.05) is 0 Å². The Bertz CT molecular complexity index is 3750. The first-order chi connectivity index (χ1) is 29.2. The molecule has 2 heteroatoms. The molecule has 0 bridgehead atoms. The average Bonchev–Trinajstić information content (AvgIpc) is 4.03. The van der Waals surface area contributed by atoms with Gasteiger partial charge < -0.3 is 8.83 Å². The molecule has 12 aromatic rings. The van der Waals surface area contributed by atoms with E-state index in [-0.39, 0.29) is 0 Å². The standard InChI is InChI=1S/C57H32O2/c1-2-13-39-33(11-1)23-27-44-55-38(18-10-22-54(55)59-56(39)44)36-24-26-42-46-29-34-12-9-17-37(35-25-28-53-47(30-35)43-16-5-8-21-52(43)58-53)45(34)32-51(46)57(50(42)31-36)48-19-6-3-14-40(48)41-15-4-7-20-49(41)57/h1-32H. The first kappa shape index (κ1) is 31.4. The highest BCUT2D eigenvalue weighted by Crippen LogP contribution is 2.64. The maximum atomic E-state index is 6.68. The van der Waals surface area contributed by atoms with Gasteiger partial charge in [0.05, 0.1) is 5.41 Å². The third kappa shape index (κ3) is 4.00. The molecule has 0 amide bonds. The van der Waals surface area contributed by atoms with E-state index in [4.69, 9.17) is 8.83 Å². The van der Waals surface area contributed by atoms with Crippen molar-refractivity contribution in [2.24, 2.45) is 0 Å². The summed E-state index contributed by atoms with van der Waals surface area (Å²) in [7, 11) is 0. The van der Waals surface area contributed by atoms with Crippen molar-refractivity contribution < 1.29 is 8.83 Å². The van der Waals surface area contributed by atoms with E-state index in [9.17, 15) is 0 Å². The van der Waals surface area contributed by atoms with Crippen LogP contribution in [0.1, 0.15) is 22.3 Å². The van der Waals surface area contributed by atoms with Crippen LogP contribution in [-0.2, 0) is 5.41 Å². The molecule has 2 nitrogen and oxygen atoms in total. The zero-order chi connectivity index (χ0) is 38.4. The normalized spacial score (nSPS) is 13.6. The molecule has 0 saturated carbocycles. The zero-order valence-corrected chi connectivity index (χ0v) is 31.8. The summed E-state index contributed by atoms with van der Waals surface area (Å²) in [5, 5.41) is 9.37. The molecule has 0 aliphatic heterocycles. The van der Waals surface area contributed by atoms with Gasteiger partial charge in [-0.1, -0.05) is 146 Å². The van der Waals surface area contributed by atoms with E-state index in [1.807, 2.05) is 6.07 Å². The minimum absolute atomic E-state index is 0.511. The molecule has 0 fully saturated rings. The van der Waals surface area contributed by atoms with Crippen LogP contribution in [0.25, 0.3) is 110 Å². The Labute approximate surface area is 339 Å². The molecular weight excluding hydrogens is 717 g/mol. The van der Waals surface area contributed by atoms with Crippen molar-refractivity contribution in [3.05, 3.63) is 216 Å². The minimum atomic E-state index is -0.511. The number of hydrogen-bond acceptors (Lipinski definition) is 2. The summed E-state index contributed by atoms with van der Waals surface area (Å²) < 4.78 is 12.9. The molecular formula is C57H32O2. The Balaban J connectivity index is 1.05. The van der Waals surface area contributed by atoms with Gasteiger partial charge in [0.25, 0.3) is 0 Å². The fourth-order valence-electron chi connectivity index (χ4n) is 11.0. The summed E-state index contributed by atoms with van der Waals surface area (Å²) in [5.74, 6) is 0. The third-order valence-electron chi connectivity index (χ3n) is 13.5. The molecule has 0 atom stereocenters. The van der Waals surface area contributed by atoms with Crippen LogP contribution in [0.3, 0.4) is 0 Å². The van der Waals surface area contributed by atoms with E-state index < -0.39 is 5.41 Å². The van der Waals surface area contributed by atoms with Crippen molar-refractivity contribution in [1.29, 1.82) is 0 Å². The molecule has 0 saturated heterocycles. The van der Waals surface area contributed by atoms with Crippen LogP contribution >= 0.6 is 0 Å². The fraction of sp³-hybridized carbons (Fsp3) is 0.0175. The number of hydrogen-bond donors (Lipinski definition) is 0. The summed E-state index contributed by atoms with van der Waals surface area (Å²) in [4.78, 5) is 0. The molecule has 2 aliphatic carbocycles. The van der Waals surface area contributed by atoms with Crippen molar-refractivity contribution >= 4 is 65.4 Å². The van der Waals surface area contributed by atoms with Crippen LogP contribution in [-0.4, -0.2) is 0 Å². The number of rotatable bonds is 2. The topological polar surface area (TPSA) is 26.3 Å². The predicted octanol–water partition coefficient (Wildman–Crippen LogP) is 15.5. The van der Waals surface area contributed by atoms with Crippen molar-refractivity contribution in [3.8, 4) is 44.5 Å². The van der Waals surface area contributed by atoms with E-state index >= 15 is 0 Å². The number of para-hydroxylation sites is 1. The van der Waals surface area contributed by atoms with Crippen LogP contribution in [0.4, 0.5) is 0 Å². The Hall–Kier alpha value is -7.68. The number of benzene rings is 10. The largest absolute Gasteiger partial charge is 0.456 e. The van der Waals surface area contributed by atoms with Gasteiger partial charge in [0.1, 0.15) is 22.3 Å². The van der Waals surface area contributed by atoms with Crippen LogP contribution < -0.4 is 0 Å². The smallest absolute Gasteiger partial charge is 0.143 e. The fourth-order valence-corrected chi connectivity index (χ4v) is 11.0. The van der Waals surface area contributed by atoms with Gasteiger partial charge in [0.2, 0.25) is 0 Å². The first-order valence-electron chi connectivity index (χ1n) is 20.4. The average molecular weight is 749 g/mol. The molecule has 0 N–H and O–H groups in total. The van der Waals surface area contributed by atoms with Crippen molar-refractivity contribution in [3.63, 3.8) is 0 Å². The third-order valence-corrected chi connectivity index (χ3v) is 13.5. The predicted molar refractivity (Wildman–Crippen MR) is 243 cm³/mol. The number of fused-ring (bicyclic) bond motifs is 19. The molecule has 59 heavy (non-hydrogen) atoms. The molecule has 0 unspecified atom stereocenters. The maximum absolute atomic E-state index is 6.68. The van der Waals surface area contributed by atoms with Gasteiger partial charge in [0, 0.05) is 26.9 Å². The quantitative estimate of drug-likeness (QED) is 0.176. The Morgan fingerprint density at radius 1 is 0.288 bits per heavy atom.